The van der Waals surface area contributed by atoms with E-state index in [1.54, 1.807) is 7.11 Å². The van der Waals surface area contributed by atoms with Gasteiger partial charge in [0.05, 0.1) is 7.11 Å². The first-order valence-corrected chi connectivity index (χ1v) is 5.08. The Morgan fingerprint density at radius 3 is 2.71 bits per heavy atom. The van der Waals surface area contributed by atoms with Gasteiger partial charge in [0.1, 0.15) is 5.75 Å². The molecule has 1 rings (SSSR count). The molecule has 0 bridgehead atoms. The summed E-state index contributed by atoms with van der Waals surface area (Å²) in [5, 5.41) is 0. The molecule has 78 valence electrons. The molecule has 1 unspecified atom stereocenters. The summed E-state index contributed by atoms with van der Waals surface area (Å²) in [5.41, 5.74) is 7.27. The van der Waals surface area contributed by atoms with E-state index >= 15 is 0 Å². The maximum Gasteiger partial charge on any atom is 0.119 e. The normalized spacial score (nSPS) is 14.9. The van der Waals surface area contributed by atoms with Crippen molar-refractivity contribution in [2.75, 3.05) is 7.11 Å². The monoisotopic (exact) mass is 193 g/mol. The molecule has 0 aliphatic heterocycles. The van der Waals surface area contributed by atoms with Crippen molar-refractivity contribution < 1.29 is 4.74 Å². The summed E-state index contributed by atoms with van der Waals surface area (Å²) in [7, 11) is 1.67. The van der Waals surface area contributed by atoms with Crippen molar-refractivity contribution >= 4 is 0 Å². The highest BCUT2D eigenvalue weighted by atomic mass is 16.5. The molecule has 1 aromatic carbocycles. The Labute approximate surface area is 86.1 Å². The smallest absolute Gasteiger partial charge is 0.119 e. The van der Waals surface area contributed by atoms with Crippen LogP contribution in [0.25, 0.3) is 0 Å². The summed E-state index contributed by atoms with van der Waals surface area (Å²) in [4.78, 5) is 0. The highest BCUT2D eigenvalue weighted by Crippen LogP contribution is 2.24. The lowest BCUT2D eigenvalue weighted by Crippen LogP contribution is -2.18. The number of rotatable bonds is 4. The van der Waals surface area contributed by atoms with E-state index in [-0.39, 0.29) is 6.04 Å². The van der Waals surface area contributed by atoms with Gasteiger partial charge in [-0.05, 0) is 23.6 Å². The zero-order chi connectivity index (χ0) is 10.6. The Bertz CT molecular complexity index is 285. The van der Waals surface area contributed by atoms with Crippen LogP contribution < -0.4 is 10.5 Å². The lowest BCUT2D eigenvalue weighted by atomic mass is 9.93. The van der Waals surface area contributed by atoms with Crippen molar-refractivity contribution in [1.29, 1.82) is 0 Å². The van der Waals surface area contributed by atoms with E-state index < -0.39 is 0 Å². The number of ether oxygens (including phenoxy) is 1. The topological polar surface area (TPSA) is 35.2 Å². The van der Waals surface area contributed by atoms with Crippen LogP contribution in [-0.4, -0.2) is 7.11 Å². The van der Waals surface area contributed by atoms with Gasteiger partial charge in [0.15, 0.2) is 0 Å². The van der Waals surface area contributed by atoms with E-state index in [1.165, 1.54) is 0 Å². The largest absolute Gasteiger partial charge is 0.497 e. The van der Waals surface area contributed by atoms with Crippen LogP contribution in [-0.2, 0) is 0 Å². The minimum Gasteiger partial charge on any atom is -0.497 e. The molecule has 0 saturated carbocycles. The minimum absolute atomic E-state index is 0.107. The highest BCUT2D eigenvalue weighted by molar-refractivity contribution is 5.30. The molecule has 0 aliphatic carbocycles. The molecule has 2 atom stereocenters. The molecule has 0 aromatic heterocycles. The zero-order valence-corrected chi connectivity index (χ0v) is 9.16. The summed E-state index contributed by atoms with van der Waals surface area (Å²) in [5.74, 6) is 1.38. The molecule has 0 saturated heterocycles. The van der Waals surface area contributed by atoms with Crippen LogP contribution >= 0.6 is 0 Å². The first-order valence-electron chi connectivity index (χ1n) is 5.08. The lowest BCUT2D eigenvalue weighted by molar-refractivity contribution is 0.410. The summed E-state index contributed by atoms with van der Waals surface area (Å²) >= 11 is 0. The number of methoxy groups -OCH3 is 1. The summed E-state index contributed by atoms with van der Waals surface area (Å²) < 4.78 is 5.16. The number of hydrogen-bond acceptors (Lipinski definition) is 2. The maximum absolute atomic E-state index is 6.12. The third kappa shape index (κ3) is 2.48. The molecule has 0 aliphatic rings. The fourth-order valence-corrected chi connectivity index (χ4v) is 1.43. The predicted molar refractivity (Wildman–Crippen MR) is 59.4 cm³/mol. The van der Waals surface area contributed by atoms with E-state index in [1.807, 2.05) is 18.2 Å². The fraction of sp³-hybridized carbons (Fsp3) is 0.500. The molecule has 0 spiro atoms. The SMILES string of the molecule is CCC(C)[C@@H](N)c1cccc(OC)c1. The second-order valence-corrected chi connectivity index (χ2v) is 3.69. The van der Waals surface area contributed by atoms with E-state index in [0.717, 1.165) is 17.7 Å². The lowest BCUT2D eigenvalue weighted by Gasteiger charge is -2.19. The Balaban J connectivity index is 2.83. The molecular weight excluding hydrogens is 174 g/mol. The molecule has 1 aromatic rings. The van der Waals surface area contributed by atoms with Gasteiger partial charge in [-0.3, -0.25) is 0 Å². The Kier molecular flexibility index (Phi) is 3.96. The average molecular weight is 193 g/mol. The van der Waals surface area contributed by atoms with Crippen LogP contribution in [0, 0.1) is 5.92 Å². The van der Waals surface area contributed by atoms with Gasteiger partial charge >= 0.3 is 0 Å². The van der Waals surface area contributed by atoms with E-state index in [4.69, 9.17) is 10.5 Å². The van der Waals surface area contributed by atoms with Gasteiger partial charge in [-0.25, -0.2) is 0 Å². The van der Waals surface area contributed by atoms with Gasteiger partial charge in [-0.1, -0.05) is 32.4 Å². The summed E-state index contributed by atoms with van der Waals surface area (Å²) in [6, 6.07) is 8.09. The van der Waals surface area contributed by atoms with E-state index in [9.17, 15) is 0 Å². The maximum atomic E-state index is 6.12. The number of benzene rings is 1. The average Bonchev–Trinajstić information content (AvgIpc) is 2.27. The molecule has 0 radical (unpaired) electrons. The minimum atomic E-state index is 0.107. The van der Waals surface area contributed by atoms with Crippen LogP contribution in [0.5, 0.6) is 5.75 Å². The molecule has 14 heavy (non-hydrogen) atoms. The molecule has 0 amide bonds. The molecule has 2 N–H and O–H groups in total. The standard InChI is InChI=1S/C12H19NO/c1-4-9(2)12(13)10-6-5-7-11(8-10)14-3/h5-9,12H,4,13H2,1-3H3/t9?,12-/m1/s1. The highest BCUT2D eigenvalue weighted by Gasteiger charge is 2.13. The van der Waals surface area contributed by atoms with Gasteiger partial charge in [0.2, 0.25) is 0 Å². The van der Waals surface area contributed by atoms with Gasteiger partial charge in [0, 0.05) is 6.04 Å². The van der Waals surface area contributed by atoms with Crippen molar-refractivity contribution in [3.8, 4) is 5.75 Å². The van der Waals surface area contributed by atoms with Crippen LogP contribution in [0.2, 0.25) is 0 Å². The van der Waals surface area contributed by atoms with Gasteiger partial charge in [0.25, 0.3) is 0 Å². The molecular formula is C12H19NO. The van der Waals surface area contributed by atoms with Gasteiger partial charge in [-0.2, -0.15) is 0 Å². The number of nitrogens with two attached hydrogens (primary N) is 1. The van der Waals surface area contributed by atoms with Crippen LogP contribution in [0.4, 0.5) is 0 Å². The Morgan fingerprint density at radius 2 is 2.14 bits per heavy atom. The first kappa shape index (κ1) is 11.1. The second-order valence-electron chi connectivity index (χ2n) is 3.69. The quantitative estimate of drug-likeness (QED) is 0.798. The summed E-state index contributed by atoms with van der Waals surface area (Å²) in [6.45, 7) is 4.33. The van der Waals surface area contributed by atoms with Crippen molar-refractivity contribution in [3.05, 3.63) is 29.8 Å². The second kappa shape index (κ2) is 5.01. The van der Waals surface area contributed by atoms with Crippen LogP contribution in [0.3, 0.4) is 0 Å². The van der Waals surface area contributed by atoms with Crippen LogP contribution in [0.1, 0.15) is 31.9 Å². The molecule has 0 fully saturated rings. The Morgan fingerprint density at radius 1 is 1.43 bits per heavy atom. The first-order chi connectivity index (χ1) is 6.69. The van der Waals surface area contributed by atoms with Crippen LogP contribution in [0.15, 0.2) is 24.3 Å². The number of hydrogen-bond donors (Lipinski definition) is 1. The molecule has 0 heterocycles. The van der Waals surface area contributed by atoms with Gasteiger partial charge in [-0.15, -0.1) is 0 Å². The third-order valence-electron chi connectivity index (χ3n) is 2.74. The fourth-order valence-electron chi connectivity index (χ4n) is 1.43. The third-order valence-corrected chi connectivity index (χ3v) is 2.74. The predicted octanol–water partition coefficient (Wildman–Crippen LogP) is 2.74. The Hall–Kier alpha value is -1.02. The van der Waals surface area contributed by atoms with Crippen molar-refractivity contribution in [2.24, 2.45) is 11.7 Å². The molecule has 2 nitrogen and oxygen atoms in total. The van der Waals surface area contributed by atoms with Crippen molar-refractivity contribution in [2.45, 2.75) is 26.3 Å². The summed E-state index contributed by atoms with van der Waals surface area (Å²) in [6.07, 6.45) is 1.10. The van der Waals surface area contributed by atoms with Crippen molar-refractivity contribution in [3.63, 3.8) is 0 Å². The zero-order valence-electron chi connectivity index (χ0n) is 9.16. The van der Waals surface area contributed by atoms with E-state index in [0.29, 0.717) is 5.92 Å². The van der Waals surface area contributed by atoms with E-state index in [2.05, 4.69) is 19.9 Å². The van der Waals surface area contributed by atoms with Crippen molar-refractivity contribution in [1.82, 2.24) is 0 Å². The van der Waals surface area contributed by atoms with Gasteiger partial charge < -0.3 is 10.5 Å². The molecule has 2 heteroatoms.